The second-order valence-electron chi connectivity index (χ2n) is 5.02. The molecule has 1 saturated heterocycles. The summed E-state index contributed by atoms with van der Waals surface area (Å²) in [5, 5.41) is 0. The zero-order valence-corrected chi connectivity index (χ0v) is 10.2. The SMILES string of the molecule is CC(C)CN1CCC[C@@H]1c1cccnc1N. The Balaban J connectivity index is 2.17. The summed E-state index contributed by atoms with van der Waals surface area (Å²) >= 11 is 0. The van der Waals surface area contributed by atoms with E-state index in [1.807, 2.05) is 6.07 Å². The number of aromatic nitrogens is 1. The second kappa shape index (κ2) is 4.83. The highest BCUT2D eigenvalue weighted by Gasteiger charge is 2.27. The fraction of sp³-hybridized carbons (Fsp3) is 0.615. The number of hydrogen-bond acceptors (Lipinski definition) is 3. The van der Waals surface area contributed by atoms with E-state index >= 15 is 0 Å². The molecule has 1 aromatic heterocycles. The van der Waals surface area contributed by atoms with Crippen molar-refractivity contribution in [2.24, 2.45) is 5.92 Å². The van der Waals surface area contributed by atoms with Gasteiger partial charge in [-0.05, 0) is 31.4 Å². The minimum absolute atomic E-state index is 0.482. The van der Waals surface area contributed by atoms with Gasteiger partial charge in [-0.3, -0.25) is 4.90 Å². The summed E-state index contributed by atoms with van der Waals surface area (Å²) in [7, 11) is 0. The largest absolute Gasteiger partial charge is 0.383 e. The van der Waals surface area contributed by atoms with Crippen molar-refractivity contribution in [3.8, 4) is 0 Å². The Labute approximate surface area is 97.7 Å². The topological polar surface area (TPSA) is 42.2 Å². The lowest BCUT2D eigenvalue weighted by atomic mass is 10.0. The lowest BCUT2D eigenvalue weighted by Crippen LogP contribution is -2.28. The van der Waals surface area contributed by atoms with Crippen LogP contribution in [0, 0.1) is 5.92 Å². The van der Waals surface area contributed by atoms with E-state index in [0.717, 1.165) is 6.54 Å². The Morgan fingerprint density at radius 3 is 3.06 bits per heavy atom. The van der Waals surface area contributed by atoms with Gasteiger partial charge in [-0.1, -0.05) is 19.9 Å². The lowest BCUT2D eigenvalue weighted by molar-refractivity contribution is 0.229. The summed E-state index contributed by atoms with van der Waals surface area (Å²) in [6.07, 6.45) is 4.24. The molecule has 88 valence electrons. The third kappa shape index (κ3) is 2.35. The number of likely N-dealkylation sites (tertiary alicyclic amines) is 1. The van der Waals surface area contributed by atoms with E-state index in [1.165, 1.54) is 24.9 Å². The zero-order valence-electron chi connectivity index (χ0n) is 10.2. The highest BCUT2D eigenvalue weighted by Crippen LogP contribution is 2.34. The van der Waals surface area contributed by atoms with Gasteiger partial charge in [0.15, 0.2) is 0 Å². The molecule has 1 aromatic rings. The van der Waals surface area contributed by atoms with Gasteiger partial charge in [-0.15, -0.1) is 0 Å². The quantitative estimate of drug-likeness (QED) is 0.849. The van der Waals surface area contributed by atoms with Crippen LogP contribution >= 0.6 is 0 Å². The first-order valence-electron chi connectivity index (χ1n) is 6.13. The highest BCUT2D eigenvalue weighted by atomic mass is 15.2. The van der Waals surface area contributed by atoms with Crippen LogP contribution in [0.15, 0.2) is 18.3 Å². The van der Waals surface area contributed by atoms with Gasteiger partial charge in [0.1, 0.15) is 5.82 Å². The molecule has 0 amide bonds. The molecule has 3 heteroatoms. The van der Waals surface area contributed by atoms with Crippen LogP contribution in [0.1, 0.15) is 38.3 Å². The first-order valence-corrected chi connectivity index (χ1v) is 6.13. The second-order valence-corrected chi connectivity index (χ2v) is 5.02. The molecule has 0 bridgehead atoms. The molecule has 0 radical (unpaired) electrons. The number of nitrogens with zero attached hydrogens (tertiary/aromatic N) is 2. The Morgan fingerprint density at radius 1 is 1.56 bits per heavy atom. The van der Waals surface area contributed by atoms with Crippen molar-refractivity contribution in [3.63, 3.8) is 0 Å². The Morgan fingerprint density at radius 2 is 2.38 bits per heavy atom. The molecule has 2 N–H and O–H groups in total. The highest BCUT2D eigenvalue weighted by molar-refractivity contribution is 5.41. The zero-order chi connectivity index (χ0) is 11.5. The van der Waals surface area contributed by atoms with Gasteiger partial charge in [-0.25, -0.2) is 4.98 Å². The average molecular weight is 219 g/mol. The normalized spacial score (nSPS) is 21.8. The summed E-state index contributed by atoms with van der Waals surface area (Å²) in [5.74, 6) is 1.40. The average Bonchev–Trinajstić information content (AvgIpc) is 2.66. The molecule has 2 heterocycles. The minimum atomic E-state index is 0.482. The van der Waals surface area contributed by atoms with Gasteiger partial charge in [0.25, 0.3) is 0 Å². The summed E-state index contributed by atoms with van der Waals surface area (Å²) in [5.41, 5.74) is 7.16. The summed E-state index contributed by atoms with van der Waals surface area (Å²) in [4.78, 5) is 6.73. The molecule has 1 aliphatic heterocycles. The van der Waals surface area contributed by atoms with Gasteiger partial charge >= 0.3 is 0 Å². The maximum absolute atomic E-state index is 5.96. The Kier molecular flexibility index (Phi) is 3.44. The van der Waals surface area contributed by atoms with Crippen LogP contribution in [0.25, 0.3) is 0 Å². The van der Waals surface area contributed by atoms with E-state index in [-0.39, 0.29) is 0 Å². The van der Waals surface area contributed by atoms with Crippen LogP contribution in [0.5, 0.6) is 0 Å². The number of nitrogen functional groups attached to an aromatic ring is 1. The molecule has 1 fully saturated rings. The van der Waals surface area contributed by atoms with E-state index in [4.69, 9.17) is 5.73 Å². The van der Waals surface area contributed by atoms with Crippen molar-refractivity contribution in [2.75, 3.05) is 18.8 Å². The van der Waals surface area contributed by atoms with Gasteiger partial charge in [0.2, 0.25) is 0 Å². The Bertz CT molecular complexity index is 349. The number of pyridine rings is 1. The third-order valence-corrected chi connectivity index (χ3v) is 3.19. The predicted octanol–water partition coefficient (Wildman–Crippen LogP) is 2.46. The number of rotatable bonds is 3. The molecule has 0 aromatic carbocycles. The molecular formula is C13H21N3. The van der Waals surface area contributed by atoms with Crippen molar-refractivity contribution in [1.82, 2.24) is 9.88 Å². The van der Waals surface area contributed by atoms with Crippen LogP contribution in [0.3, 0.4) is 0 Å². The number of nitrogens with two attached hydrogens (primary N) is 1. The van der Waals surface area contributed by atoms with Gasteiger partial charge in [0.05, 0.1) is 0 Å². The first kappa shape index (κ1) is 11.4. The van der Waals surface area contributed by atoms with E-state index < -0.39 is 0 Å². The molecule has 0 unspecified atom stereocenters. The van der Waals surface area contributed by atoms with Crippen LogP contribution in [0.2, 0.25) is 0 Å². The third-order valence-electron chi connectivity index (χ3n) is 3.19. The fourth-order valence-corrected chi connectivity index (χ4v) is 2.58. The monoisotopic (exact) mass is 219 g/mol. The van der Waals surface area contributed by atoms with Crippen LogP contribution in [-0.2, 0) is 0 Å². The van der Waals surface area contributed by atoms with Crippen molar-refractivity contribution in [3.05, 3.63) is 23.9 Å². The van der Waals surface area contributed by atoms with Crippen molar-refractivity contribution < 1.29 is 0 Å². The molecule has 16 heavy (non-hydrogen) atoms. The van der Waals surface area contributed by atoms with Gasteiger partial charge in [0, 0.05) is 24.3 Å². The molecule has 1 atom stereocenters. The smallest absolute Gasteiger partial charge is 0.128 e. The lowest BCUT2D eigenvalue weighted by Gasteiger charge is -2.26. The molecule has 2 rings (SSSR count). The molecule has 3 nitrogen and oxygen atoms in total. The summed E-state index contributed by atoms with van der Waals surface area (Å²) in [6, 6.07) is 4.58. The Hall–Kier alpha value is -1.09. The minimum Gasteiger partial charge on any atom is -0.383 e. The molecule has 0 aliphatic carbocycles. The maximum atomic E-state index is 5.96. The molecule has 0 spiro atoms. The van der Waals surface area contributed by atoms with Crippen molar-refractivity contribution >= 4 is 5.82 Å². The van der Waals surface area contributed by atoms with Crippen LogP contribution < -0.4 is 5.73 Å². The van der Waals surface area contributed by atoms with E-state index in [1.54, 1.807) is 6.20 Å². The van der Waals surface area contributed by atoms with Gasteiger partial charge < -0.3 is 5.73 Å². The fourth-order valence-electron chi connectivity index (χ4n) is 2.58. The standard InChI is InChI=1S/C13H21N3/c1-10(2)9-16-8-4-6-12(16)11-5-3-7-15-13(11)14/h3,5,7,10,12H,4,6,8-9H2,1-2H3,(H2,14,15)/t12-/m1/s1. The first-order chi connectivity index (χ1) is 7.68. The van der Waals surface area contributed by atoms with E-state index in [2.05, 4.69) is 29.8 Å². The molecule has 0 saturated carbocycles. The number of anilines is 1. The molecular weight excluding hydrogens is 198 g/mol. The molecule has 1 aliphatic rings. The van der Waals surface area contributed by atoms with E-state index in [0.29, 0.717) is 17.8 Å². The maximum Gasteiger partial charge on any atom is 0.128 e. The van der Waals surface area contributed by atoms with Crippen LogP contribution in [-0.4, -0.2) is 23.0 Å². The predicted molar refractivity (Wildman–Crippen MR) is 67.0 cm³/mol. The van der Waals surface area contributed by atoms with Crippen molar-refractivity contribution in [1.29, 1.82) is 0 Å². The summed E-state index contributed by atoms with van der Waals surface area (Å²) < 4.78 is 0. The van der Waals surface area contributed by atoms with Crippen LogP contribution in [0.4, 0.5) is 5.82 Å². The summed E-state index contributed by atoms with van der Waals surface area (Å²) in [6.45, 7) is 6.88. The van der Waals surface area contributed by atoms with Crippen molar-refractivity contribution in [2.45, 2.75) is 32.7 Å². The van der Waals surface area contributed by atoms with Gasteiger partial charge in [-0.2, -0.15) is 0 Å². The number of hydrogen-bond donors (Lipinski definition) is 1. The van der Waals surface area contributed by atoms with E-state index in [9.17, 15) is 0 Å².